The maximum Gasteiger partial charge on any atom is 0.253 e. The molecular formula is C20H16ClNO2. The second-order valence-electron chi connectivity index (χ2n) is 5.59. The van der Waals surface area contributed by atoms with Crippen molar-refractivity contribution in [3.63, 3.8) is 0 Å². The van der Waals surface area contributed by atoms with Gasteiger partial charge in [-0.3, -0.25) is 0 Å². The fourth-order valence-electron chi connectivity index (χ4n) is 2.96. The second kappa shape index (κ2) is 6.19. The van der Waals surface area contributed by atoms with Gasteiger partial charge in [0.15, 0.2) is 11.5 Å². The molecule has 0 saturated carbocycles. The van der Waals surface area contributed by atoms with Crippen LogP contribution in [-0.4, -0.2) is 12.8 Å². The van der Waals surface area contributed by atoms with E-state index < -0.39 is 6.29 Å². The van der Waals surface area contributed by atoms with Gasteiger partial charge in [-0.25, -0.2) is 0 Å². The third-order valence-corrected chi connectivity index (χ3v) is 4.24. The van der Waals surface area contributed by atoms with Crippen molar-refractivity contribution in [1.29, 1.82) is 0 Å². The van der Waals surface area contributed by atoms with E-state index in [-0.39, 0.29) is 6.54 Å². The Hall–Kier alpha value is -2.49. The van der Waals surface area contributed by atoms with E-state index in [1.54, 1.807) is 6.07 Å². The average Bonchev–Trinajstić information content (AvgIpc) is 3.05. The van der Waals surface area contributed by atoms with Crippen LogP contribution in [0, 0.1) is 0 Å². The summed E-state index contributed by atoms with van der Waals surface area (Å²) in [7, 11) is 0. The Labute approximate surface area is 145 Å². The van der Waals surface area contributed by atoms with Crippen LogP contribution in [0.2, 0.25) is 5.02 Å². The topological polar surface area (TPSA) is 44.5 Å². The maximum absolute atomic E-state index is 6.30. The van der Waals surface area contributed by atoms with Crippen molar-refractivity contribution < 1.29 is 9.47 Å². The van der Waals surface area contributed by atoms with Gasteiger partial charge in [0.25, 0.3) is 6.29 Å². The fourth-order valence-corrected chi connectivity index (χ4v) is 3.17. The van der Waals surface area contributed by atoms with Gasteiger partial charge in [0.1, 0.15) is 0 Å². The van der Waals surface area contributed by atoms with E-state index in [1.807, 2.05) is 36.4 Å². The van der Waals surface area contributed by atoms with Crippen molar-refractivity contribution >= 4 is 11.6 Å². The van der Waals surface area contributed by atoms with Gasteiger partial charge in [-0.1, -0.05) is 66.2 Å². The maximum atomic E-state index is 6.30. The van der Waals surface area contributed by atoms with Gasteiger partial charge in [0.05, 0.1) is 6.54 Å². The summed E-state index contributed by atoms with van der Waals surface area (Å²) in [6.07, 6.45) is -0.471. The predicted molar refractivity (Wildman–Crippen MR) is 96.4 cm³/mol. The number of hydrogen-bond acceptors (Lipinski definition) is 3. The molecule has 0 radical (unpaired) electrons. The first-order valence-electron chi connectivity index (χ1n) is 7.78. The molecule has 24 heavy (non-hydrogen) atoms. The first-order chi connectivity index (χ1) is 11.8. The highest BCUT2D eigenvalue weighted by atomic mass is 35.5. The van der Waals surface area contributed by atoms with Crippen LogP contribution in [0.5, 0.6) is 11.5 Å². The summed E-state index contributed by atoms with van der Waals surface area (Å²) in [4.78, 5) is 0. The van der Waals surface area contributed by atoms with Crippen LogP contribution < -0.4 is 15.2 Å². The third kappa shape index (κ3) is 2.62. The van der Waals surface area contributed by atoms with Crippen molar-refractivity contribution in [2.24, 2.45) is 5.73 Å². The van der Waals surface area contributed by atoms with Gasteiger partial charge in [-0.15, -0.1) is 0 Å². The van der Waals surface area contributed by atoms with Gasteiger partial charge in [0.2, 0.25) is 0 Å². The zero-order chi connectivity index (χ0) is 16.5. The number of fused-ring (bicyclic) bond motifs is 1. The van der Waals surface area contributed by atoms with Crippen molar-refractivity contribution in [3.05, 3.63) is 71.8 Å². The summed E-state index contributed by atoms with van der Waals surface area (Å²) in [5.41, 5.74) is 9.88. The van der Waals surface area contributed by atoms with Crippen LogP contribution in [0.3, 0.4) is 0 Å². The molecule has 3 aromatic carbocycles. The van der Waals surface area contributed by atoms with Gasteiger partial charge in [0, 0.05) is 16.7 Å². The predicted octanol–water partition coefficient (Wildman–Crippen LogP) is 4.73. The Morgan fingerprint density at radius 2 is 1.54 bits per heavy atom. The smallest absolute Gasteiger partial charge is 0.253 e. The molecule has 1 aliphatic rings. The van der Waals surface area contributed by atoms with Crippen molar-refractivity contribution in [2.75, 3.05) is 6.54 Å². The highest BCUT2D eigenvalue weighted by Gasteiger charge is 2.27. The molecule has 0 saturated heterocycles. The molecule has 0 spiro atoms. The van der Waals surface area contributed by atoms with Crippen LogP contribution in [0.25, 0.3) is 22.3 Å². The van der Waals surface area contributed by atoms with Crippen molar-refractivity contribution in [3.8, 4) is 33.8 Å². The number of halogens is 1. The summed E-state index contributed by atoms with van der Waals surface area (Å²) in [6.45, 7) is 0.284. The summed E-state index contributed by atoms with van der Waals surface area (Å²) < 4.78 is 11.6. The van der Waals surface area contributed by atoms with Crippen LogP contribution in [0.15, 0.2) is 66.7 Å². The quantitative estimate of drug-likeness (QED) is 0.751. The Kier molecular flexibility index (Phi) is 3.89. The monoisotopic (exact) mass is 337 g/mol. The molecule has 0 aliphatic carbocycles. The Morgan fingerprint density at radius 3 is 2.29 bits per heavy atom. The van der Waals surface area contributed by atoms with Crippen LogP contribution in [0.1, 0.15) is 0 Å². The van der Waals surface area contributed by atoms with E-state index in [0.29, 0.717) is 16.5 Å². The standard InChI is InChI=1S/C20H16ClNO2/c21-14-10-17(20-18(11-14)23-19(12-22)24-20)16-9-5-4-8-15(16)13-6-2-1-3-7-13/h1-11,19H,12,22H2. The van der Waals surface area contributed by atoms with Crippen molar-refractivity contribution in [2.45, 2.75) is 6.29 Å². The molecule has 0 aromatic heterocycles. The molecule has 0 fully saturated rings. The normalized spacial score (nSPS) is 15.5. The number of nitrogens with two attached hydrogens (primary N) is 1. The lowest BCUT2D eigenvalue weighted by molar-refractivity contribution is 0.0583. The second-order valence-corrected chi connectivity index (χ2v) is 6.03. The van der Waals surface area contributed by atoms with Gasteiger partial charge >= 0.3 is 0 Å². The Bertz CT molecular complexity index is 880. The molecule has 3 nitrogen and oxygen atoms in total. The summed E-state index contributed by atoms with van der Waals surface area (Å²) in [5.74, 6) is 1.33. The van der Waals surface area contributed by atoms with E-state index in [2.05, 4.69) is 24.3 Å². The third-order valence-electron chi connectivity index (χ3n) is 4.02. The minimum Gasteiger partial charge on any atom is -0.450 e. The molecule has 4 heteroatoms. The molecule has 0 amide bonds. The number of ether oxygens (including phenoxy) is 2. The largest absolute Gasteiger partial charge is 0.450 e. The number of rotatable bonds is 3. The first-order valence-corrected chi connectivity index (χ1v) is 8.16. The highest BCUT2D eigenvalue weighted by Crippen LogP contribution is 2.47. The van der Waals surface area contributed by atoms with Gasteiger partial charge in [-0.05, 0) is 22.8 Å². The lowest BCUT2D eigenvalue weighted by Crippen LogP contribution is -2.27. The van der Waals surface area contributed by atoms with Crippen LogP contribution in [0.4, 0.5) is 0 Å². The SMILES string of the molecule is NCC1Oc2cc(Cl)cc(-c3ccccc3-c3ccccc3)c2O1. The molecule has 3 aromatic rings. The van der Waals surface area contributed by atoms with Crippen molar-refractivity contribution in [1.82, 2.24) is 0 Å². The van der Waals surface area contributed by atoms with Gasteiger partial charge < -0.3 is 15.2 Å². The van der Waals surface area contributed by atoms with Crippen LogP contribution in [-0.2, 0) is 0 Å². The lowest BCUT2D eigenvalue weighted by Gasteiger charge is -2.13. The first kappa shape index (κ1) is 15.1. The molecule has 0 bridgehead atoms. The molecule has 120 valence electrons. The molecule has 1 heterocycles. The molecule has 2 N–H and O–H groups in total. The molecule has 1 unspecified atom stereocenters. The van der Waals surface area contributed by atoms with Gasteiger partial charge in [-0.2, -0.15) is 0 Å². The minimum atomic E-state index is -0.471. The molecule has 1 atom stereocenters. The minimum absolute atomic E-state index is 0.284. The zero-order valence-corrected chi connectivity index (χ0v) is 13.7. The van der Waals surface area contributed by atoms with E-state index in [0.717, 1.165) is 22.3 Å². The summed E-state index contributed by atoms with van der Waals surface area (Å²) in [5, 5.41) is 0.605. The highest BCUT2D eigenvalue weighted by molar-refractivity contribution is 6.31. The average molecular weight is 338 g/mol. The Balaban J connectivity index is 1.90. The lowest BCUT2D eigenvalue weighted by atomic mass is 9.94. The summed E-state index contributed by atoms with van der Waals surface area (Å²) in [6, 6.07) is 22.1. The molecule has 4 rings (SSSR count). The van der Waals surface area contributed by atoms with E-state index in [4.69, 9.17) is 26.8 Å². The number of benzene rings is 3. The van der Waals surface area contributed by atoms with E-state index in [1.165, 1.54) is 0 Å². The van der Waals surface area contributed by atoms with Crippen LogP contribution >= 0.6 is 11.6 Å². The Morgan fingerprint density at radius 1 is 0.833 bits per heavy atom. The molecule has 1 aliphatic heterocycles. The zero-order valence-electron chi connectivity index (χ0n) is 12.9. The number of hydrogen-bond donors (Lipinski definition) is 1. The van der Waals surface area contributed by atoms with E-state index >= 15 is 0 Å². The van der Waals surface area contributed by atoms with E-state index in [9.17, 15) is 0 Å². The fraction of sp³-hybridized carbons (Fsp3) is 0.100. The summed E-state index contributed by atoms with van der Waals surface area (Å²) >= 11 is 6.30. The molecular weight excluding hydrogens is 322 g/mol.